The summed E-state index contributed by atoms with van der Waals surface area (Å²) in [5.74, 6) is 1.26. The maximum atomic E-state index is 12.3. The molecule has 0 bridgehead atoms. The van der Waals surface area contributed by atoms with E-state index in [0.717, 1.165) is 36.1 Å². The number of carbonyl (C=O) groups excluding carboxylic acids is 1. The van der Waals surface area contributed by atoms with Crippen molar-refractivity contribution in [2.75, 3.05) is 12.8 Å². The molecule has 0 spiro atoms. The molecule has 0 atom stereocenters. The van der Waals surface area contributed by atoms with Crippen molar-refractivity contribution >= 4 is 17.7 Å². The lowest BCUT2D eigenvalue weighted by atomic mass is 10.2. The summed E-state index contributed by atoms with van der Waals surface area (Å²) < 4.78 is 2.17. The van der Waals surface area contributed by atoms with E-state index in [-0.39, 0.29) is 5.91 Å². The van der Waals surface area contributed by atoms with E-state index in [2.05, 4.69) is 44.1 Å². The summed E-state index contributed by atoms with van der Waals surface area (Å²) in [6, 6.07) is 9.50. The highest BCUT2D eigenvalue weighted by Crippen LogP contribution is 2.16. The van der Waals surface area contributed by atoms with Gasteiger partial charge in [-0.05, 0) is 30.7 Å². The molecule has 1 amide bonds. The molecule has 148 valence electrons. The molecule has 0 aliphatic carbocycles. The number of hydrogen-bond donors (Lipinski definition) is 1. The van der Waals surface area contributed by atoms with Gasteiger partial charge in [-0.15, -0.1) is 15.3 Å². The van der Waals surface area contributed by atoms with Crippen LogP contribution in [0, 0.1) is 5.92 Å². The molecule has 0 radical (unpaired) electrons. The minimum Gasteiger partial charge on any atom is -0.351 e. The van der Waals surface area contributed by atoms with Crippen LogP contribution in [0.25, 0.3) is 5.69 Å². The molecule has 1 aromatic carbocycles. The molecule has 3 rings (SSSR count). The van der Waals surface area contributed by atoms with Crippen molar-refractivity contribution in [2.45, 2.75) is 38.4 Å². The first-order valence-corrected chi connectivity index (χ1v) is 10.5. The number of nitrogens with one attached hydrogen (secondary N) is 1. The number of hydrogen-bond acceptors (Lipinski definition) is 6. The zero-order valence-corrected chi connectivity index (χ0v) is 17.2. The van der Waals surface area contributed by atoms with Gasteiger partial charge in [0.15, 0.2) is 10.9 Å². The highest BCUT2D eigenvalue weighted by atomic mass is 32.2. The van der Waals surface area contributed by atoms with Crippen LogP contribution in [0.3, 0.4) is 0 Å². The molecule has 2 aromatic heterocycles. The maximum absolute atomic E-state index is 12.3. The maximum Gasteiger partial charge on any atom is 0.273 e. The first-order valence-electron chi connectivity index (χ1n) is 9.30. The molecule has 28 heavy (non-hydrogen) atoms. The van der Waals surface area contributed by atoms with Gasteiger partial charge in [-0.1, -0.05) is 43.8 Å². The van der Waals surface area contributed by atoms with Crippen LogP contribution in [0.5, 0.6) is 0 Å². The first-order chi connectivity index (χ1) is 13.6. The lowest BCUT2D eigenvalue weighted by molar-refractivity contribution is 0.0947. The van der Waals surface area contributed by atoms with E-state index in [9.17, 15) is 4.79 Å². The van der Waals surface area contributed by atoms with Gasteiger partial charge in [0.25, 0.3) is 5.91 Å². The van der Waals surface area contributed by atoms with Gasteiger partial charge in [-0.2, -0.15) is 9.90 Å². The van der Waals surface area contributed by atoms with E-state index < -0.39 is 0 Å². The number of para-hydroxylation sites is 1. The van der Waals surface area contributed by atoms with Crippen LogP contribution >= 0.6 is 11.8 Å². The predicted octanol–water partition coefficient (Wildman–Crippen LogP) is 2.60. The molecule has 0 aliphatic rings. The molecule has 8 nitrogen and oxygen atoms in total. The third-order valence-electron chi connectivity index (χ3n) is 4.10. The second-order valence-electron chi connectivity index (χ2n) is 6.82. The average molecular weight is 400 g/mol. The SMILES string of the molecule is CSc1nnc(CCCNC(=O)c2cnn(-c3ccccc3)n2)n1CC(C)C. The lowest BCUT2D eigenvalue weighted by Crippen LogP contribution is -2.25. The van der Waals surface area contributed by atoms with E-state index in [1.54, 1.807) is 11.8 Å². The Bertz CT molecular complexity index is 904. The summed E-state index contributed by atoms with van der Waals surface area (Å²) in [6.07, 6.45) is 5.03. The summed E-state index contributed by atoms with van der Waals surface area (Å²) in [6.45, 7) is 5.79. The fourth-order valence-corrected chi connectivity index (χ4v) is 3.32. The fourth-order valence-electron chi connectivity index (χ4n) is 2.80. The van der Waals surface area contributed by atoms with Gasteiger partial charge in [-0.3, -0.25) is 4.79 Å². The molecule has 0 unspecified atom stereocenters. The van der Waals surface area contributed by atoms with Gasteiger partial charge in [0, 0.05) is 19.5 Å². The number of nitrogens with zero attached hydrogens (tertiary/aromatic N) is 6. The van der Waals surface area contributed by atoms with Crippen LogP contribution in [-0.2, 0) is 13.0 Å². The van der Waals surface area contributed by atoms with E-state index in [0.29, 0.717) is 18.2 Å². The standard InChI is InChI=1S/C19H25N7OS/c1-14(2)13-25-17(22-23-19(25)28-3)10-7-11-20-18(27)16-12-21-26(24-16)15-8-5-4-6-9-15/h4-6,8-9,12,14H,7,10-11,13H2,1-3H3,(H,20,27). The summed E-state index contributed by atoms with van der Waals surface area (Å²) in [5.41, 5.74) is 1.12. The number of carbonyl (C=O) groups is 1. The van der Waals surface area contributed by atoms with Crippen LogP contribution in [0.1, 0.15) is 36.6 Å². The minimum absolute atomic E-state index is 0.226. The second-order valence-corrected chi connectivity index (χ2v) is 7.60. The smallest absolute Gasteiger partial charge is 0.273 e. The van der Waals surface area contributed by atoms with E-state index >= 15 is 0 Å². The first kappa shape index (κ1) is 20.1. The number of aromatic nitrogens is 6. The van der Waals surface area contributed by atoms with E-state index in [1.807, 2.05) is 36.6 Å². The zero-order valence-electron chi connectivity index (χ0n) is 16.4. The topological polar surface area (TPSA) is 90.5 Å². The fraction of sp³-hybridized carbons (Fsp3) is 0.421. The number of thioether (sulfide) groups is 1. The van der Waals surface area contributed by atoms with Crippen molar-refractivity contribution in [2.24, 2.45) is 5.92 Å². The zero-order chi connectivity index (χ0) is 19.9. The van der Waals surface area contributed by atoms with Gasteiger partial charge in [0.05, 0.1) is 11.9 Å². The summed E-state index contributed by atoms with van der Waals surface area (Å²) in [7, 11) is 0. The number of rotatable bonds is 9. The van der Waals surface area contributed by atoms with Gasteiger partial charge in [-0.25, -0.2) is 0 Å². The van der Waals surface area contributed by atoms with Crippen LogP contribution in [-0.4, -0.2) is 48.5 Å². The van der Waals surface area contributed by atoms with Crippen molar-refractivity contribution in [3.8, 4) is 5.69 Å². The summed E-state index contributed by atoms with van der Waals surface area (Å²) >= 11 is 1.60. The van der Waals surface area contributed by atoms with Gasteiger partial charge in [0.2, 0.25) is 0 Å². The average Bonchev–Trinajstić information content (AvgIpc) is 3.33. The Hall–Kier alpha value is -2.68. The van der Waals surface area contributed by atoms with Gasteiger partial charge in [0.1, 0.15) is 5.82 Å². The molecule has 0 fully saturated rings. The molecular weight excluding hydrogens is 374 g/mol. The van der Waals surface area contributed by atoms with Crippen LogP contribution in [0.2, 0.25) is 0 Å². The van der Waals surface area contributed by atoms with Crippen molar-refractivity contribution in [1.29, 1.82) is 0 Å². The Morgan fingerprint density at radius 3 is 2.71 bits per heavy atom. The van der Waals surface area contributed by atoms with Crippen molar-refractivity contribution < 1.29 is 4.79 Å². The number of amides is 1. The van der Waals surface area contributed by atoms with E-state index in [4.69, 9.17) is 0 Å². The van der Waals surface area contributed by atoms with Crippen LogP contribution < -0.4 is 5.32 Å². The quantitative estimate of drug-likeness (QED) is 0.439. The molecule has 3 aromatic rings. The Balaban J connectivity index is 1.51. The van der Waals surface area contributed by atoms with Crippen molar-refractivity contribution in [1.82, 2.24) is 35.1 Å². The molecule has 0 saturated carbocycles. The van der Waals surface area contributed by atoms with Gasteiger partial charge >= 0.3 is 0 Å². The number of aryl methyl sites for hydroxylation is 1. The van der Waals surface area contributed by atoms with Crippen LogP contribution in [0.4, 0.5) is 0 Å². The normalized spacial score (nSPS) is 11.1. The largest absolute Gasteiger partial charge is 0.351 e. The third kappa shape index (κ3) is 4.98. The Morgan fingerprint density at radius 2 is 2.00 bits per heavy atom. The Morgan fingerprint density at radius 1 is 1.21 bits per heavy atom. The molecule has 1 N–H and O–H groups in total. The molecule has 0 aliphatic heterocycles. The monoisotopic (exact) mass is 399 g/mol. The molecule has 2 heterocycles. The molecule has 9 heteroatoms. The third-order valence-corrected chi connectivity index (χ3v) is 4.77. The van der Waals surface area contributed by atoms with Gasteiger partial charge < -0.3 is 9.88 Å². The summed E-state index contributed by atoms with van der Waals surface area (Å²) in [4.78, 5) is 13.8. The lowest BCUT2D eigenvalue weighted by Gasteiger charge is -2.11. The second kappa shape index (κ2) is 9.50. The minimum atomic E-state index is -0.226. The summed E-state index contributed by atoms with van der Waals surface area (Å²) in [5, 5.41) is 20.8. The molecular formula is C19H25N7OS. The van der Waals surface area contributed by atoms with Crippen LogP contribution in [0.15, 0.2) is 41.7 Å². The van der Waals surface area contributed by atoms with Crippen molar-refractivity contribution in [3.63, 3.8) is 0 Å². The molecule has 0 saturated heterocycles. The highest BCUT2D eigenvalue weighted by molar-refractivity contribution is 7.98. The Labute approximate surface area is 168 Å². The Kier molecular flexibility index (Phi) is 6.80. The highest BCUT2D eigenvalue weighted by Gasteiger charge is 2.14. The predicted molar refractivity (Wildman–Crippen MR) is 109 cm³/mol. The van der Waals surface area contributed by atoms with Crippen molar-refractivity contribution in [3.05, 3.63) is 48.0 Å². The van der Waals surface area contributed by atoms with E-state index in [1.165, 1.54) is 11.0 Å². The number of benzene rings is 1.